The maximum Gasteiger partial charge on any atom is 0.223 e. The lowest BCUT2D eigenvalue weighted by Crippen LogP contribution is -2.31. The van der Waals surface area contributed by atoms with Crippen LogP contribution in [0.3, 0.4) is 0 Å². The summed E-state index contributed by atoms with van der Waals surface area (Å²) in [5.41, 5.74) is 0.762. The van der Waals surface area contributed by atoms with E-state index in [4.69, 9.17) is 0 Å². The van der Waals surface area contributed by atoms with E-state index in [0.29, 0.717) is 13.0 Å². The fourth-order valence-electron chi connectivity index (χ4n) is 3.09. The Hall–Kier alpha value is -2.32. The Labute approximate surface area is 152 Å². The zero-order chi connectivity index (χ0) is 18.6. The van der Waals surface area contributed by atoms with Crippen LogP contribution >= 0.6 is 0 Å². The van der Waals surface area contributed by atoms with Gasteiger partial charge in [0.1, 0.15) is 0 Å². The highest BCUT2D eigenvalue weighted by Gasteiger charge is 2.34. The van der Waals surface area contributed by atoms with Gasteiger partial charge in [-0.15, -0.1) is 0 Å². The molecule has 3 rings (SSSR count). The van der Waals surface area contributed by atoms with Gasteiger partial charge >= 0.3 is 0 Å². The summed E-state index contributed by atoms with van der Waals surface area (Å²) in [5.74, 6) is -0.622. The molecule has 138 valence electrons. The van der Waals surface area contributed by atoms with Gasteiger partial charge in [-0.2, -0.15) is 0 Å². The number of carbonyl (C=O) groups excluding carboxylic acids is 1. The molecule has 0 radical (unpaired) electrons. The molecule has 8 heteroatoms. The zero-order valence-electron chi connectivity index (χ0n) is 14.2. The van der Waals surface area contributed by atoms with Crippen LogP contribution in [0.25, 0.3) is 0 Å². The molecule has 1 fully saturated rings. The van der Waals surface area contributed by atoms with Crippen LogP contribution in [0.4, 0.5) is 0 Å². The van der Waals surface area contributed by atoms with E-state index in [0.717, 1.165) is 5.69 Å². The average molecular weight is 375 g/mol. The monoisotopic (exact) mass is 375 g/mol. The number of likely N-dealkylation sites (tertiary alicyclic amines) is 1. The number of hydrogen-bond acceptors (Lipinski definition) is 6. The number of aliphatic hydroxyl groups is 1. The van der Waals surface area contributed by atoms with Gasteiger partial charge in [-0.05, 0) is 18.6 Å². The highest BCUT2D eigenvalue weighted by Crippen LogP contribution is 2.22. The van der Waals surface area contributed by atoms with Gasteiger partial charge in [0, 0.05) is 44.0 Å². The Balaban J connectivity index is 1.56. The standard InChI is InChI=1S/C18H21N3O4S/c22-17-13-21(12-14(17)10-15-11-19-7-8-20-15)18(23)6-9-26(24,25)16-4-2-1-3-5-16/h1-5,7-8,11,14,17,22H,6,9-10,12-13H2/t14-,17-/m1/s1. The van der Waals surface area contributed by atoms with Gasteiger partial charge in [-0.1, -0.05) is 18.2 Å². The number of β-amino-alcohol motifs (C(OH)–C–C–N with tert-alkyl or cyclic N) is 1. The van der Waals surface area contributed by atoms with Crippen LogP contribution in [0.1, 0.15) is 12.1 Å². The predicted molar refractivity (Wildman–Crippen MR) is 94.9 cm³/mol. The first-order chi connectivity index (χ1) is 12.5. The number of sulfone groups is 1. The van der Waals surface area contributed by atoms with Gasteiger partial charge in [0.2, 0.25) is 5.91 Å². The van der Waals surface area contributed by atoms with E-state index >= 15 is 0 Å². The second kappa shape index (κ2) is 7.92. The summed E-state index contributed by atoms with van der Waals surface area (Å²) in [6.07, 6.45) is 4.60. The summed E-state index contributed by atoms with van der Waals surface area (Å²) in [5, 5.41) is 10.2. The van der Waals surface area contributed by atoms with E-state index in [1.54, 1.807) is 36.8 Å². The minimum absolute atomic E-state index is 0.0954. The maximum atomic E-state index is 12.4. The molecule has 0 spiro atoms. The molecule has 1 aliphatic rings. The van der Waals surface area contributed by atoms with Crippen molar-refractivity contribution < 1.29 is 18.3 Å². The number of nitrogens with zero attached hydrogens (tertiary/aromatic N) is 3. The Morgan fingerprint density at radius 2 is 1.96 bits per heavy atom. The maximum absolute atomic E-state index is 12.4. The lowest BCUT2D eigenvalue weighted by Gasteiger charge is -2.16. The Morgan fingerprint density at radius 1 is 1.19 bits per heavy atom. The second-order valence-electron chi connectivity index (χ2n) is 6.41. The van der Waals surface area contributed by atoms with Crippen molar-refractivity contribution in [3.05, 3.63) is 54.6 Å². The molecule has 1 amide bonds. The van der Waals surface area contributed by atoms with Crippen LogP contribution in [0, 0.1) is 5.92 Å². The van der Waals surface area contributed by atoms with Gasteiger partial charge in [-0.25, -0.2) is 8.42 Å². The first kappa shape index (κ1) is 18.5. The minimum atomic E-state index is -3.49. The van der Waals surface area contributed by atoms with E-state index in [2.05, 4.69) is 9.97 Å². The number of aliphatic hydroxyl groups excluding tert-OH is 1. The average Bonchev–Trinajstić information content (AvgIpc) is 3.02. The van der Waals surface area contributed by atoms with Crippen molar-refractivity contribution in [1.29, 1.82) is 0 Å². The summed E-state index contributed by atoms with van der Waals surface area (Å²) in [4.78, 5) is 22.3. The number of aromatic nitrogens is 2. The first-order valence-corrected chi connectivity index (χ1v) is 10.1. The van der Waals surface area contributed by atoms with Crippen molar-refractivity contribution in [1.82, 2.24) is 14.9 Å². The molecule has 1 saturated heterocycles. The van der Waals surface area contributed by atoms with Gasteiger partial charge in [0.25, 0.3) is 0 Å². The molecule has 7 nitrogen and oxygen atoms in total. The molecule has 1 aromatic heterocycles. The molecule has 0 bridgehead atoms. The SMILES string of the molecule is O=C(CCS(=O)(=O)c1ccccc1)N1C[C@@H](Cc2cnccn2)[C@H](O)C1. The van der Waals surface area contributed by atoms with Crippen molar-refractivity contribution in [2.24, 2.45) is 5.92 Å². The first-order valence-electron chi connectivity index (χ1n) is 8.44. The highest BCUT2D eigenvalue weighted by atomic mass is 32.2. The quantitative estimate of drug-likeness (QED) is 0.798. The Bertz CT molecular complexity index is 843. The van der Waals surface area contributed by atoms with Crippen molar-refractivity contribution in [3.63, 3.8) is 0 Å². The fourth-order valence-corrected chi connectivity index (χ4v) is 4.34. The number of rotatable bonds is 6. The molecule has 2 aromatic rings. The molecule has 1 aliphatic heterocycles. The third-order valence-electron chi connectivity index (χ3n) is 4.53. The van der Waals surface area contributed by atoms with Crippen molar-refractivity contribution in [3.8, 4) is 0 Å². The van der Waals surface area contributed by atoms with E-state index in [9.17, 15) is 18.3 Å². The number of amides is 1. The van der Waals surface area contributed by atoms with E-state index in [1.807, 2.05) is 0 Å². The molecule has 26 heavy (non-hydrogen) atoms. The molecule has 1 N–H and O–H groups in total. The Kier molecular flexibility index (Phi) is 5.63. The zero-order valence-corrected chi connectivity index (χ0v) is 15.0. The van der Waals surface area contributed by atoms with Gasteiger partial charge in [0.15, 0.2) is 9.84 Å². The Morgan fingerprint density at radius 3 is 2.65 bits per heavy atom. The smallest absolute Gasteiger partial charge is 0.223 e. The van der Waals surface area contributed by atoms with Gasteiger partial charge in [0.05, 0.1) is 22.4 Å². The number of hydrogen-bond donors (Lipinski definition) is 1. The lowest BCUT2D eigenvalue weighted by molar-refractivity contribution is -0.130. The van der Waals surface area contributed by atoms with E-state index in [-0.39, 0.29) is 35.4 Å². The fraction of sp³-hybridized carbons (Fsp3) is 0.389. The van der Waals surface area contributed by atoms with E-state index in [1.165, 1.54) is 17.0 Å². The largest absolute Gasteiger partial charge is 0.391 e. The lowest BCUT2D eigenvalue weighted by atomic mass is 10.0. The van der Waals surface area contributed by atoms with Crippen LogP contribution in [-0.2, 0) is 21.1 Å². The summed E-state index contributed by atoms with van der Waals surface area (Å²) in [6, 6.07) is 8.10. The third kappa shape index (κ3) is 4.44. The van der Waals surface area contributed by atoms with Crippen LogP contribution < -0.4 is 0 Å². The van der Waals surface area contributed by atoms with E-state index < -0.39 is 15.9 Å². The van der Waals surface area contributed by atoms with Crippen molar-refractivity contribution in [2.45, 2.75) is 23.8 Å². The van der Waals surface area contributed by atoms with Crippen LogP contribution in [0.15, 0.2) is 53.8 Å². The second-order valence-corrected chi connectivity index (χ2v) is 8.52. The predicted octanol–water partition coefficient (Wildman–Crippen LogP) is 0.702. The molecular formula is C18H21N3O4S. The highest BCUT2D eigenvalue weighted by molar-refractivity contribution is 7.91. The summed E-state index contributed by atoms with van der Waals surface area (Å²) in [7, 11) is -3.49. The van der Waals surface area contributed by atoms with Crippen LogP contribution in [-0.4, -0.2) is 59.2 Å². The molecule has 0 saturated carbocycles. The number of carbonyl (C=O) groups is 1. The summed E-state index contributed by atoms with van der Waals surface area (Å²) in [6.45, 7) is 0.608. The van der Waals surface area contributed by atoms with Crippen molar-refractivity contribution >= 4 is 15.7 Å². The molecule has 0 aliphatic carbocycles. The van der Waals surface area contributed by atoms with Crippen LogP contribution in [0.2, 0.25) is 0 Å². The molecular weight excluding hydrogens is 354 g/mol. The molecule has 1 aromatic carbocycles. The number of benzene rings is 1. The van der Waals surface area contributed by atoms with Crippen LogP contribution in [0.5, 0.6) is 0 Å². The third-order valence-corrected chi connectivity index (χ3v) is 6.27. The summed E-state index contributed by atoms with van der Waals surface area (Å²) >= 11 is 0. The van der Waals surface area contributed by atoms with Gasteiger partial charge < -0.3 is 10.0 Å². The molecule has 2 heterocycles. The molecule has 0 unspecified atom stereocenters. The van der Waals surface area contributed by atoms with Crippen molar-refractivity contribution in [2.75, 3.05) is 18.8 Å². The molecule has 2 atom stereocenters. The topological polar surface area (TPSA) is 100 Å². The normalized spacial score (nSPS) is 20.3. The summed E-state index contributed by atoms with van der Waals surface area (Å²) < 4.78 is 24.6. The minimum Gasteiger partial charge on any atom is -0.391 e. The van der Waals surface area contributed by atoms with Gasteiger partial charge in [-0.3, -0.25) is 14.8 Å².